The van der Waals surface area contributed by atoms with Gasteiger partial charge in [-0.3, -0.25) is 0 Å². The van der Waals surface area contributed by atoms with Crippen molar-refractivity contribution < 1.29 is 17.9 Å². The van der Waals surface area contributed by atoms with Gasteiger partial charge in [-0.1, -0.05) is 19.1 Å². The first-order valence-electron chi connectivity index (χ1n) is 7.17. The molecule has 0 radical (unpaired) electrons. The largest absolute Gasteiger partial charge is 0.573 e. The van der Waals surface area contributed by atoms with Crippen LogP contribution in [0.3, 0.4) is 0 Å². The summed E-state index contributed by atoms with van der Waals surface area (Å²) in [4.78, 5) is 0. The fourth-order valence-electron chi connectivity index (χ4n) is 2.60. The smallest absolute Gasteiger partial charge is 0.406 e. The molecule has 0 saturated carbocycles. The standard InChI is InChI=1S/C15H20F3NOS/c1-2-19-13(14-4-3-9-21-14)10-11-5-7-12(8-6-11)20-15(16,17)18/h5-8,13-14,19H,2-4,9-10H2,1H3. The first kappa shape index (κ1) is 16.5. The molecule has 1 heterocycles. The SMILES string of the molecule is CCNC(Cc1ccc(OC(F)(F)F)cc1)C1CCCS1. The number of likely N-dealkylation sites (N-methyl/N-ethyl adjacent to an activating group) is 1. The van der Waals surface area contributed by atoms with E-state index in [9.17, 15) is 13.2 Å². The summed E-state index contributed by atoms with van der Waals surface area (Å²) in [7, 11) is 0. The first-order chi connectivity index (χ1) is 9.98. The lowest BCUT2D eigenvalue weighted by Gasteiger charge is -2.24. The van der Waals surface area contributed by atoms with Crippen LogP contribution in [0.4, 0.5) is 13.2 Å². The Kier molecular flexibility index (Phi) is 5.81. The molecule has 1 aromatic rings. The molecule has 1 aliphatic rings. The van der Waals surface area contributed by atoms with Crippen molar-refractivity contribution >= 4 is 11.8 Å². The van der Waals surface area contributed by atoms with Crippen LogP contribution in [0.25, 0.3) is 0 Å². The fraction of sp³-hybridized carbons (Fsp3) is 0.600. The van der Waals surface area contributed by atoms with E-state index in [4.69, 9.17) is 0 Å². The van der Waals surface area contributed by atoms with E-state index in [2.05, 4.69) is 17.0 Å². The highest BCUT2D eigenvalue weighted by Crippen LogP contribution is 2.30. The molecule has 2 atom stereocenters. The second kappa shape index (κ2) is 7.40. The highest BCUT2D eigenvalue weighted by molar-refractivity contribution is 8.00. The van der Waals surface area contributed by atoms with Gasteiger partial charge in [0.25, 0.3) is 0 Å². The molecule has 2 unspecified atom stereocenters. The molecule has 0 aromatic heterocycles. The van der Waals surface area contributed by atoms with Crippen molar-refractivity contribution in [2.45, 2.75) is 43.8 Å². The summed E-state index contributed by atoms with van der Waals surface area (Å²) >= 11 is 1.98. The zero-order chi connectivity index (χ0) is 15.3. The van der Waals surface area contributed by atoms with Crippen LogP contribution in [0, 0.1) is 0 Å². The van der Waals surface area contributed by atoms with E-state index in [1.165, 1.54) is 30.7 Å². The molecule has 1 fully saturated rings. The number of hydrogen-bond donors (Lipinski definition) is 1. The van der Waals surface area contributed by atoms with Crippen LogP contribution in [0.5, 0.6) is 5.75 Å². The van der Waals surface area contributed by atoms with Crippen LogP contribution in [0.15, 0.2) is 24.3 Å². The summed E-state index contributed by atoms with van der Waals surface area (Å²) in [6.07, 6.45) is -1.35. The summed E-state index contributed by atoms with van der Waals surface area (Å²) in [6, 6.07) is 6.56. The number of rotatable bonds is 6. The monoisotopic (exact) mass is 319 g/mol. The van der Waals surface area contributed by atoms with Crippen molar-refractivity contribution in [3.05, 3.63) is 29.8 Å². The van der Waals surface area contributed by atoms with E-state index in [-0.39, 0.29) is 5.75 Å². The lowest BCUT2D eigenvalue weighted by Crippen LogP contribution is -2.38. The predicted molar refractivity (Wildman–Crippen MR) is 79.8 cm³/mol. The number of benzene rings is 1. The van der Waals surface area contributed by atoms with Crippen LogP contribution in [-0.4, -0.2) is 30.0 Å². The van der Waals surface area contributed by atoms with E-state index in [0.29, 0.717) is 11.3 Å². The summed E-state index contributed by atoms with van der Waals surface area (Å²) in [5.74, 6) is 1.03. The molecule has 6 heteroatoms. The molecule has 118 valence electrons. The Hall–Kier alpha value is -0.880. The predicted octanol–water partition coefficient (Wildman–Crippen LogP) is 4.00. The van der Waals surface area contributed by atoms with Gasteiger partial charge >= 0.3 is 6.36 Å². The zero-order valence-electron chi connectivity index (χ0n) is 12.0. The number of halogens is 3. The average Bonchev–Trinajstić information content (AvgIpc) is 2.92. The van der Waals surface area contributed by atoms with Gasteiger partial charge in [-0.25, -0.2) is 0 Å². The van der Waals surface area contributed by atoms with Gasteiger partial charge in [0.05, 0.1) is 0 Å². The van der Waals surface area contributed by atoms with Gasteiger partial charge in [0.15, 0.2) is 0 Å². The number of thioether (sulfide) groups is 1. The molecule has 0 amide bonds. The van der Waals surface area contributed by atoms with Crippen molar-refractivity contribution in [3.8, 4) is 5.75 Å². The van der Waals surface area contributed by atoms with Crippen LogP contribution in [-0.2, 0) is 6.42 Å². The van der Waals surface area contributed by atoms with Gasteiger partial charge in [0, 0.05) is 11.3 Å². The molecule has 1 aromatic carbocycles. The molecule has 1 aliphatic heterocycles. The molecule has 21 heavy (non-hydrogen) atoms. The van der Waals surface area contributed by atoms with E-state index in [1.807, 2.05) is 11.8 Å². The number of alkyl halides is 3. The zero-order valence-corrected chi connectivity index (χ0v) is 12.8. The van der Waals surface area contributed by atoms with Gasteiger partial charge < -0.3 is 10.1 Å². The average molecular weight is 319 g/mol. The third-order valence-corrected chi connectivity index (χ3v) is 5.01. The summed E-state index contributed by atoms with van der Waals surface area (Å²) < 4.78 is 40.3. The molecule has 2 nitrogen and oxygen atoms in total. The van der Waals surface area contributed by atoms with Crippen LogP contribution in [0.2, 0.25) is 0 Å². The third kappa shape index (κ3) is 5.43. The molecular weight excluding hydrogens is 299 g/mol. The Morgan fingerprint density at radius 1 is 1.33 bits per heavy atom. The Morgan fingerprint density at radius 2 is 2.05 bits per heavy atom. The first-order valence-corrected chi connectivity index (χ1v) is 8.22. The number of hydrogen-bond acceptors (Lipinski definition) is 3. The summed E-state index contributed by atoms with van der Waals surface area (Å²) in [5, 5.41) is 4.09. The van der Waals surface area contributed by atoms with E-state index >= 15 is 0 Å². The van der Waals surface area contributed by atoms with Crippen LogP contribution >= 0.6 is 11.8 Å². The highest BCUT2D eigenvalue weighted by atomic mass is 32.2. The molecule has 0 bridgehead atoms. The number of nitrogens with one attached hydrogen (secondary N) is 1. The maximum atomic E-state index is 12.1. The van der Waals surface area contributed by atoms with E-state index in [0.717, 1.165) is 18.5 Å². The van der Waals surface area contributed by atoms with Gasteiger partial charge in [0.1, 0.15) is 5.75 Å². The minimum Gasteiger partial charge on any atom is -0.406 e. The second-order valence-corrected chi connectivity index (χ2v) is 6.46. The Balaban J connectivity index is 1.96. The highest BCUT2D eigenvalue weighted by Gasteiger charge is 2.31. The van der Waals surface area contributed by atoms with Gasteiger partial charge in [-0.05, 0) is 49.3 Å². The van der Waals surface area contributed by atoms with Gasteiger partial charge in [-0.15, -0.1) is 13.2 Å². The lowest BCUT2D eigenvalue weighted by atomic mass is 10.0. The van der Waals surface area contributed by atoms with Crippen molar-refractivity contribution in [2.24, 2.45) is 0 Å². The second-order valence-electron chi connectivity index (χ2n) is 5.11. The van der Waals surface area contributed by atoms with Gasteiger partial charge in [-0.2, -0.15) is 11.8 Å². The van der Waals surface area contributed by atoms with E-state index in [1.54, 1.807) is 12.1 Å². The quantitative estimate of drug-likeness (QED) is 0.856. The fourth-order valence-corrected chi connectivity index (χ4v) is 3.99. The van der Waals surface area contributed by atoms with Crippen LogP contribution < -0.4 is 10.1 Å². The molecule has 2 rings (SSSR count). The van der Waals surface area contributed by atoms with Gasteiger partial charge in [0.2, 0.25) is 0 Å². The Labute approximate surface area is 127 Å². The summed E-state index contributed by atoms with van der Waals surface area (Å²) in [5.41, 5.74) is 1.03. The normalized spacial score (nSPS) is 20.5. The number of ether oxygens (including phenoxy) is 1. The van der Waals surface area contributed by atoms with Crippen molar-refractivity contribution in [1.82, 2.24) is 5.32 Å². The minimum atomic E-state index is -4.63. The van der Waals surface area contributed by atoms with E-state index < -0.39 is 6.36 Å². The van der Waals surface area contributed by atoms with Crippen molar-refractivity contribution in [1.29, 1.82) is 0 Å². The summed E-state index contributed by atoms with van der Waals surface area (Å²) in [6.45, 7) is 2.98. The minimum absolute atomic E-state index is 0.165. The topological polar surface area (TPSA) is 21.3 Å². The molecule has 1 saturated heterocycles. The third-order valence-electron chi connectivity index (χ3n) is 3.49. The van der Waals surface area contributed by atoms with Crippen molar-refractivity contribution in [3.63, 3.8) is 0 Å². The maximum Gasteiger partial charge on any atom is 0.573 e. The lowest BCUT2D eigenvalue weighted by molar-refractivity contribution is -0.274. The Morgan fingerprint density at radius 3 is 2.57 bits per heavy atom. The molecular formula is C15H20F3NOS. The van der Waals surface area contributed by atoms with Crippen LogP contribution in [0.1, 0.15) is 25.3 Å². The maximum absolute atomic E-state index is 12.1. The molecule has 0 aliphatic carbocycles. The molecule has 0 spiro atoms. The Bertz CT molecular complexity index is 430. The molecule has 1 N–H and O–H groups in total. The van der Waals surface area contributed by atoms with Crippen molar-refractivity contribution in [2.75, 3.05) is 12.3 Å².